The molecule has 144 valence electrons. The normalized spacial score (nSPS) is 10.3. The quantitative estimate of drug-likeness (QED) is 0.655. The molecule has 0 bridgehead atoms. The Hall–Kier alpha value is -2.54. The Morgan fingerprint density at radius 3 is 2.48 bits per heavy atom. The highest BCUT2D eigenvalue weighted by Crippen LogP contribution is 2.37. The Bertz CT molecular complexity index is 796. The first-order chi connectivity index (χ1) is 13.0. The van der Waals surface area contributed by atoms with E-state index >= 15 is 0 Å². The molecule has 0 aliphatic carbocycles. The Balaban J connectivity index is 2.33. The van der Waals surface area contributed by atoms with Gasteiger partial charge in [0.15, 0.2) is 11.5 Å². The van der Waals surface area contributed by atoms with Gasteiger partial charge in [-0.2, -0.15) is 0 Å². The van der Waals surface area contributed by atoms with Crippen molar-refractivity contribution in [3.63, 3.8) is 0 Å². The molecule has 0 atom stereocenters. The number of hydrogen-bond acceptors (Lipinski definition) is 4. The molecule has 0 unspecified atom stereocenters. The zero-order chi connectivity index (χ0) is 19.8. The van der Waals surface area contributed by atoms with E-state index in [1.807, 2.05) is 37.3 Å². The Morgan fingerprint density at radius 1 is 1.19 bits per heavy atom. The molecule has 2 rings (SSSR count). The number of hydrogen-bond donors (Lipinski definition) is 1. The second kappa shape index (κ2) is 9.97. The van der Waals surface area contributed by atoms with Gasteiger partial charge in [0.2, 0.25) is 5.91 Å². The van der Waals surface area contributed by atoms with Crippen molar-refractivity contribution < 1.29 is 19.1 Å². The SMILES string of the molecule is CCOc1c(Br)cc(C(=O)N(CCC(N)=O)Cc2ccccc2)cc1OC. The van der Waals surface area contributed by atoms with E-state index in [1.54, 1.807) is 17.0 Å². The molecule has 2 aromatic carbocycles. The topological polar surface area (TPSA) is 81.9 Å². The third-order valence-electron chi connectivity index (χ3n) is 3.90. The first kappa shape index (κ1) is 20.8. The van der Waals surface area contributed by atoms with Gasteiger partial charge >= 0.3 is 0 Å². The molecule has 0 saturated carbocycles. The molecule has 7 heteroatoms. The molecule has 0 radical (unpaired) electrons. The van der Waals surface area contributed by atoms with Crippen LogP contribution in [0.15, 0.2) is 46.9 Å². The monoisotopic (exact) mass is 434 g/mol. The van der Waals surface area contributed by atoms with Crippen LogP contribution in [0.5, 0.6) is 11.5 Å². The minimum absolute atomic E-state index is 0.0912. The molecule has 0 aromatic heterocycles. The van der Waals surface area contributed by atoms with Crippen molar-refractivity contribution >= 4 is 27.7 Å². The van der Waals surface area contributed by atoms with E-state index in [0.717, 1.165) is 5.56 Å². The lowest BCUT2D eigenvalue weighted by Gasteiger charge is -2.23. The number of benzene rings is 2. The number of carbonyl (C=O) groups is 2. The number of halogens is 1. The molecule has 27 heavy (non-hydrogen) atoms. The number of methoxy groups -OCH3 is 1. The highest BCUT2D eigenvalue weighted by Gasteiger charge is 2.21. The molecule has 2 aromatic rings. The number of nitrogens with zero attached hydrogens (tertiary/aromatic N) is 1. The van der Waals surface area contributed by atoms with Gasteiger partial charge in [-0.25, -0.2) is 0 Å². The van der Waals surface area contributed by atoms with Crippen LogP contribution in [0.3, 0.4) is 0 Å². The average molecular weight is 435 g/mol. The average Bonchev–Trinajstić information content (AvgIpc) is 2.66. The summed E-state index contributed by atoms with van der Waals surface area (Å²) in [5.74, 6) is 0.334. The standard InChI is InChI=1S/C20H23BrN2O4/c1-3-27-19-16(21)11-15(12-17(19)26-2)20(25)23(10-9-18(22)24)13-14-7-5-4-6-8-14/h4-8,11-12H,3,9-10,13H2,1-2H3,(H2,22,24). The van der Waals surface area contributed by atoms with Gasteiger partial charge in [-0.05, 0) is 40.5 Å². The molecule has 0 aliphatic heterocycles. The van der Waals surface area contributed by atoms with Crippen molar-refractivity contribution in [1.82, 2.24) is 4.90 Å². The fraction of sp³-hybridized carbons (Fsp3) is 0.300. The van der Waals surface area contributed by atoms with Crippen LogP contribution in [0.25, 0.3) is 0 Å². The van der Waals surface area contributed by atoms with Gasteiger partial charge < -0.3 is 20.1 Å². The predicted octanol–water partition coefficient (Wildman–Crippen LogP) is 3.37. The van der Waals surface area contributed by atoms with E-state index < -0.39 is 5.91 Å². The van der Waals surface area contributed by atoms with Crippen LogP contribution < -0.4 is 15.2 Å². The summed E-state index contributed by atoms with van der Waals surface area (Å²) in [5.41, 5.74) is 6.67. The molecule has 0 heterocycles. The predicted molar refractivity (Wildman–Crippen MR) is 107 cm³/mol. The van der Waals surface area contributed by atoms with E-state index in [4.69, 9.17) is 15.2 Å². The highest BCUT2D eigenvalue weighted by atomic mass is 79.9. The van der Waals surface area contributed by atoms with Crippen molar-refractivity contribution in [3.05, 3.63) is 58.1 Å². The summed E-state index contributed by atoms with van der Waals surface area (Å²) < 4.78 is 11.6. The summed E-state index contributed by atoms with van der Waals surface area (Å²) in [6, 6.07) is 12.9. The van der Waals surface area contributed by atoms with Crippen LogP contribution in [0, 0.1) is 0 Å². The minimum atomic E-state index is -0.452. The molecule has 2 amide bonds. The van der Waals surface area contributed by atoms with Crippen LogP contribution in [0.4, 0.5) is 0 Å². The van der Waals surface area contributed by atoms with Gasteiger partial charge in [-0.3, -0.25) is 9.59 Å². The van der Waals surface area contributed by atoms with E-state index in [1.165, 1.54) is 7.11 Å². The van der Waals surface area contributed by atoms with Gasteiger partial charge in [-0.15, -0.1) is 0 Å². The maximum Gasteiger partial charge on any atom is 0.254 e. The second-order valence-corrected chi connectivity index (χ2v) is 6.71. The van der Waals surface area contributed by atoms with E-state index in [-0.39, 0.29) is 18.9 Å². The third kappa shape index (κ3) is 5.72. The first-order valence-electron chi connectivity index (χ1n) is 8.58. The van der Waals surface area contributed by atoms with Crippen LogP contribution in [-0.4, -0.2) is 37.0 Å². The van der Waals surface area contributed by atoms with E-state index in [9.17, 15) is 9.59 Å². The van der Waals surface area contributed by atoms with Crippen molar-refractivity contribution in [2.75, 3.05) is 20.3 Å². The second-order valence-electron chi connectivity index (χ2n) is 5.85. The summed E-state index contributed by atoms with van der Waals surface area (Å²) in [6.45, 7) is 2.95. The fourth-order valence-electron chi connectivity index (χ4n) is 2.61. The van der Waals surface area contributed by atoms with Gasteiger partial charge in [0.05, 0.1) is 18.2 Å². The van der Waals surface area contributed by atoms with Crippen LogP contribution in [0.1, 0.15) is 29.3 Å². The van der Waals surface area contributed by atoms with Crippen LogP contribution in [-0.2, 0) is 11.3 Å². The Labute approximate surface area is 167 Å². The zero-order valence-electron chi connectivity index (χ0n) is 15.4. The molecule has 6 nitrogen and oxygen atoms in total. The zero-order valence-corrected chi connectivity index (χ0v) is 17.0. The van der Waals surface area contributed by atoms with Crippen LogP contribution >= 0.6 is 15.9 Å². The smallest absolute Gasteiger partial charge is 0.254 e. The summed E-state index contributed by atoms with van der Waals surface area (Å²) in [5, 5.41) is 0. The van der Waals surface area contributed by atoms with Gasteiger partial charge in [0.1, 0.15) is 0 Å². The molecule has 0 saturated heterocycles. The van der Waals surface area contributed by atoms with Crippen molar-refractivity contribution in [2.24, 2.45) is 5.73 Å². The maximum absolute atomic E-state index is 13.1. The number of primary amides is 1. The van der Waals surface area contributed by atoms with E-state index in [2.05, 4.69) is 15.9 Å². The summed E-state index contributed by atoms with van der Waals surface area (Å²) >= 11 is 3.44. The number of carbonyl (C=O) groups excluding carboxylic acids is 2. The number of nitrogens with two attached hydrogens (primary N) is 1. The lowest BCUT2D eigenvalue weighted by Crippen LogP contribution is -2.33. The van der Waals surface area contributed by atoms with Crippen molar-refractivity contribution in [1.29, 1.82) is 0 Å². The third-order valence-corrected chi connectivity index (χ3v) is 4.49. The molecule has 0 spiro atoms. The lowest BCUT2D eigenvalue weighted by atomic mass is 10.1. The molecular weight excluding hydrogens is 412 g/mol. The largest absolute Gasteiger partial charge is 0.493 e. The highest BCUT2D eigenvalue weighted by molar-refractivity contribution is 9.10. The summed E-state index contributed by atoms with van der Waals surface area (Å²) in [6.07, 6.45) is 0.0912. The number of ether oxygens (including phenoxy) is 2. The Morgan fingerprint density at radius 2 is 1.89 bits per heavy atom. The fourth-order valence-corrected chi connectivity index (χ4v) is 3.17. The van der Waals surface area contributed by atoms with Crippen molar-refractivity contribution in [2.45, 2.75) is 19.9 Å². The number of amides is 2. The molecule has 0 fully saturated rings. The molecule has 2 N–H and O–H groups in total. The summed E-state index contributed by atoms with van der Waals surface area (Å²) in [7, 11) is 1.52. The summed E-state index contributed by atoms with van der Waals surface area (Å²) in [4.78, 5) is 25.9. The Kier molecular flexibility index (Phi) is 7.67. The lowest BCUT2D eigenvalue weighted by molar-refractivity contribution is -0.118. The number of rotatable bonds is 9. The van der Waals surface area contributed by atoms with Gasteiger partial charge in [-0.1, -0.05) is 30.3 Å². The van der Waals surface area contributed by atoms with E-state index in [0.29, 0.717) is 34.7 Å². The van der Waals surface area contributed by atoms with Crippen molar-refractivity contribution in [3.8, 4) is 11.5 Å². The first-order valence-corrected chi connectivity index (χ1v) is 9.37. The maximum atomic E-state index is 13.1. The van der Waals surface area contributed by atoms with Gasteiger partial charge in [0.25, 0.3) is 5.91 Å². The minimum Gasteiger partial charge on any atom is -0.493 e. The van der Waals surface area contributed by atoms with Crippen LogP contribution in [0.2, 0.25) is 0 Å². The molecule has 0 aliphatic rings. The van der Waals surface area contributed by atoms with Gasteiger partial charge in [0, 0.05) is 25.1 Å². The molecular formula is C20H23BrN2O4.